The predicted octanol–water partition coefficient (Wildman–Crippen LogP) is 5.09. The third kappa shape index (κ3) is 4.58. The average molecular weight is 420 g/mol. The predicted molar refractivity (Wildman–Crippen MR) is 117 cm³/mol. The lowest BCUT2D eigenvalue weighted by Gasteiger charge is -2.43. The lowest BCUT2D eigenvalue weighted by atomic mass is 9.82. The Morgan fingerprint density at radius 3 is 2.62 bits per heavy atom. The number of morpholine rings is 1. The first-order valence-electron chi connectivity index (χ1n) is 10.6. The highest BCUT2D eigenvalue weighted by Crippen LogP contribution is 2.42. The van der Waals surface area contributed by atoms with E-state index in [0.717, 1.165) is 17.7 Å². The van der Waals surface area contributed by atoms with E-state index < -0.39 is 6.10 Å². The Morgan fingerprint density at radius 2 is 2.03 bits per heavy atom. The van der Waals surface area contributed by atoms with Crippen LogP contribution in [-0.2, 0) is 19.7 Å². The van der Waals surface area contributed by atoms with Crippen molar-refractivity contribution in [2.45, 2.75) is 76.9 Å². The lowest BCUT2D eigenvalue weighted by Crippen LogP contribution is -2.57. The second kappa shape index (κ2) is 9.00. The molecule has 0 aromatic carbocycles. The molecule has 1 saturated heterocycles. The smallest absolute Gasteiger partial charge is 0.350 e. The van der Waals surface area contributed by atoms with Crippen LogP contribution in [0.15, 0.2) is 18.7 Å². The fourth-order valence-electron chi connectivity index (χ4n) is 4.33. The molecule has 29 heavy (non-hydrogen) atoms. The van der Waals surface area contributed by atoms with Gasteiger partial charge in [0.25, 0.3) is 5.91 Å². The number of methoxy groups -OCH3 is 1. The van der Waals surface area contributed by atoms with Crippen LogP contribution in [0.2, 0.25) is 0 Å². The van der Waals surface area contributed by atoms with E-state index in [9.17, 15) is 9.59 Å². The minimum Gasteiger partial charge on any atom is -0.465 e. The molecule has 0 N–H and O–H groups in total. The number of ether oxygens (including phenoxy) is 2. The molecule has 0 spiro atoms. The molecule has 2 heterocycles. The van der Waals surface area contributed by atoms with Gasteiger partial charge < -0.3 is 14.4 Å². The van der Waals surface area contributed by atoms with Crippen LogP contribution in [0.3, 0.4) is 0 Å². The van der Waals surface area contributed by atoms with Crippen LogP contribution in [0.1, 0.15) is 73.8 Å². The number of amides is 1. The molecule has 5 nitrogen and oxygen atoms in total. The highest BCUT2D eigenvalue weighted by molar-refractivity contribution is 7.14. The number of carbonyl (C=O) groups excluding carboxylic acids is 2. The molecule has 160 valence electrons. The minimum absolute atomic E-state index is 0.0466. The Bertz CT molecular complexity index is 757. The molecule has 0 bridgehead atoms. The molecule has 2 atom stereocenters. The van der Waals surface area contributed by atoms with Gasteiger partial charge in [0.1, 0.15) is 11.0 Å². The summed E-state index contributed by atoms with van der Waals surface area (Å²) in [6, 6.07) is 1.97. The molecule has 1 aliphatic carbocycles. The van der Waals surface area contributed by atoms with Crippen LogP contribution in [0.4, 0.5) is 5.69 Å². The van der Waals surface area contributed by atoms with E-state index in [0.29, 0.717) is 29.5 Å². The van der Waals surface area contributed by atoms with Crippen molar-refractivity contribution in [1.82, 2.24) is 0 Å². The van der Waals surface area contributed by atoms with Crippen LogP contribution < -0.4 is 4.90 Å². The largest absolute Gasteiger partial charge is 0.465 e. The average Bonchev–Trinajstić information content (AvgIpc) is 3.15. The summed E-state index contributed by atoms with van der Waals surface area (Å²) in [7, 11) is 1.39. The van der Waals surface area contributed by atoms with E-state index >= 15 is 0 Å². The van der Waals surface area contributed by atoms with Crippen molar-refractivity contribution < 1.29 is 19.1 Å². The summed E-state index contributed by atoms with van der Waals surface area (Å²) in [6.45, 7) is 10.6. The zero-order valence-electron chi connectivity index (χ0n) is 18.0. The number of thiophene rings is 1. The van der Waals surface area contributed by atoms with Crippen molar-refractivity contribution in [3.8, 4) is 0 Å². The van der Waals surface area contributed by atoms with Crippen LogP contribution in [0.5, 0.6) is 0 Å². The molecule has 1 aromatic heterocycles. The summed E-state index contributed by atoms with van der Waals surface area (Å²) < 4.78 is 11.0. The van der Waals surface area contributed by atoms with E-state index in [1.807, 2.05) is 11.0 Å². The van der Waals surface area contributed by atoms with Crippen LogP contribution in [0.25, 0.3) is 0 Å². The summed E-state index contributed by atoms with van der Waals surface area (Å²) in [4.78, 5) is 29.6. The van der Waals surface area contributed by atoms with Crippen molar-refractivity contribution in [2.24, 2.45) is 5.92 Å². The van der Waals surface area contributed by atoms with Crippen molar-refractivity contribution in [3.63, 3.8) is 0 Å². The molecule has 1 saturated carbocycles. The second-order valence-corrected chi connectivity index (χ2v) is 10.1. The summed E-state index contributed by atoms with van der Waals surface area (Å²) in [5, 5.41) is 0. The number of hydrogen-bond donors (Lipinski definition) is 0. The highest BCUT2D eigenvalue weighted by atomic mass is 32.1. The third-order valence-electron chi connectivity index (χ3n) is 5.97. The maximum absolute atomic E-state index is 13.5. The maximum atomic E-state index is 13.5. The monoisotopic (exact) mass is 419 g/mol. The first-order chi connectivity index (χ1) is 13.8. The van der Waals surface area contributed by atoms with Gasteiger partial charge in [0, 0.05) is 11.3 Å². The molecule has 1 aliphatic heterocycles. The van der Waals surface area contributed by atoms with Crippen molar-refractivity contribution in [1.29, 1.82) is 0 Å². The van der Waals surface area contributed by atoms with Gasteiger partial charge in [0.05, 0.1) is 25.4 Å². The van der Waals surface area contributed by atoms with Crippen LogP contribution in [-0.4, -0.2) is 37.7 Å². The summed E-state index contributed by atoms with van der Waals surface area (Å²) in [6.07, 6.45) is 7.43. The summed E-state index contributed by atoms with van der Waals surface area (Å²) in [5.41, 5.74) is 0.562. The van der Waals surface area contributed by atoms with Gasteiger partial charge in [-0.1, -0.05) is 46.1 Å². The first-order valence-corrected chi connectivity index (χ1v) is 11.4. The topological polar surface area (TPSA) is 55.8 Å². The van der Waals surface area contributed by atoms with E-state index in [1.54, 1.807) is 6.08 Å². The Kier molecular flexibility index (Phi) is 6.84. The van der Waals surface area contributed by atoms with E-state index in [1.165, 1.54) is 37.7 Å². The highest BCUT2D eigenvalue weighted by Gasteiger charge is 2.43. The Balaban J connectivity index is 2.07. The summed E-state index contributed by atoms with van der Waals surface area (Å²) >= 11 is 1.43. The lowest BCUT2D eigenvalue weighted by molar-refractivity contribution is -0.137. The maximum Gasteiger partial charge on any atom is 0.350 e. The number of esters is 1. The molecule has 1 aromatic rings. The molecule has 0 radical (unpaired) electrons. The summed E-state index contributed by atoms with van der Waals surface area (Å²) in [5.74, 6) is -0.0709. The SMILES string of the molecule is C=CC[C@H]1OC[C@@H](C2CCCCC2)N(c2cc(C(C)(C)C)sc2C(=O)OC)C1=O. The van der Waals surface area contributed by atoms with Gasteiger partial charge in [0.2, 0.25) is 0 Å². The first kappa shape index (κ1) is 22.0. The third-order valence-corrected chi connectivity index (χ3v) is 7.50. The van der Waals surface area contributed by atoms with Gasteiger partial charge in [-0.2, -0.15) is 0 Å². The van der Waals surface area contributed by atoms with E-state index in [-0.39, 0.29) is 23.3 Å². The fraction of sp³-hybridized carbons (Fsp3) is 0.652. The van der Waals surface area contributed by atoms with Gasteiger partial charge in [0.15, 0.2) is 0 Å². The Morgan fingerprint density at radius 1 is 1.34 bits per heavy atom. The normalized spacial score (nSPS) is 23.9. The second-order valence-electron chi connectivity index (χ2n) is 9.09. The zero-order chi connectivity index (χ0) is 21.2. The molecule has 1 amide bonds. The number of rotatable bonds is 5. The minimum atomic E-state index is -0.546. The van der Waals surface area contributed by atoms with Crippen molar-refractivity contribution >= 4 is 28.9 Å². The molecule has 0 unspecified atom stereocenters. The number of hydrogen-bond acceptors (Lipinski definition) is 5. The van der Waals surface area contributed by atoms with Gasteiger partial charge in [-0.15, -0.1) is 17.9 Å². The fourth-order valence-corrected chi connectivity index (χ4v) is 5.46. The molecular formula is C23H33NO4S. The zero-order valence-corrected chi connectivity index (χ0v) is 18.8. The molecule has 2 aliphatic rings. The molecular weight excluding hydrogens is 386 g/mol. The Hall–Kier alpha value is -1.66. The van der Waals surface area contributed by atoms with Gasteiger partial charge in [-0.25, -0.2) is 4.79 Å². The molecule has 2 fully saturated rings. The van der Waals surface area contributed by atoms with Gasteiger partial charge in [-0.05, 0) is 30.2 Å². The Labute approximate surface area is 178 Å². The number of nitrogens with zero attached hydrogens (tertiary/aromatic N) is 1. The van der Waals surface area contributed by atoms with Crippen LogP contribution >= 0.6 is 11.3 Å². The molecule has 3 rings (SSSR count). The van der Waals surface area contributed by atoms with E-state index in [2.05, 4.69) is 27.4 Å². The number of anilines is 1. The van der Waals surface area contributed by atoms with Gasteiger partial charge >= 0.3 is 5.97 Å². The molecule has 6 heteroatoms. The van der Waals surface area contributed by atoms with Crippen molar-refractivity contribution in [2.75, 3.05) is 18.6 Å². The van der Waals surface area contributed by atoms with Crippen molar-refractivity contribution in [3.05, 3.63) is 28.5 Å². The standard InChI is InChI=1S/C23H33NO4S/c1-6-10-18-21(25)24(17(14-28-18)15-11-8-7-9-12-15)16-13-19(23(2,3)4)29-20(16)22(26)27-5/h6,13,15,17-18H,1,7-12,14H2,2-5H3/t17-,18+/m0/s1. The number of carbonyl (C=O) groups is 2. The van der Waals surface area contributed by atoms with Crippen LogP contribution in [0, 0.1) is 5.92 Å². The quantitative estimate of drug-likeness (QED) is 0.493. The van der Waals surface area contributed by atoms with Gasteiger partial charge in [-0.3, -0.25) is 4.79 Å². The van der Waals surface area contributed by atoms with E-state index in [4.69, 9.17) is 9.47 Å².